The highest BCUT2D eigenvalue weighted by atomic mass is 19.1. The Kier molecular flexibility index (Phi) is 5.22. The first-order valence-electron chi connectivity index (χ1n) is 8.00. The first-order chi connectivity index (χ1) is 12.5. The summed E-state index contributed by atoms with van der Waals surface area (Å²) in [6.07, 6.45) is 1.52. The fraction of sp³-hybridized carbons (Fsp3) is 0.100. The minimum absolute atomic E-state index is 0.0765. The molecule has 0 saturated carbocycles. The van der Waals surface area contributed by atoms with Crippen molar-refractivity contribution in [2.45, 2.75) is 6.54 Å². The number of pyridine rings is 1. The minimum atomic E-state index is -0.825. The standard InChI is InChI=1S/C20H17F2N3O/c1-25(13-14-5-3-2-4-6-14)19-11-15(9-10-23-19)20(26)24-18-8-7-16(21)12-17(18)22/h2-12H,13H2,1H3,(H,24,26). The van der Waals surface area contributed by atoms with Gasteiger partial charge in [0.05, 0.1) is 5.69 Å². The number of nitrogens with zero attached hydrogens (tertiary/aromatic N) is 2. The SMILES string of the molecule is CN(Cc1ccccc1)c1cc(C(=O)Nc2ccc(F)cc2F)ccn1. The van der Waals surface area contributed by atoms with Gasteiger partial charge >= 0.3 is 0 Å². The molecule has 3 aromatic rings. The second-order valence-corrected chi connectivity index (χ2v) is 5.82. The topological polar surface area (TPSA) is 45.2 Å². The molecule has 1 N–H and O–H groups in total. The number of benzene rings is 2. The lowest BCUT2D eigenvalue weighted by Crippen LogP contribution is -2.19. The van der Waals surface area contributed by atoms with E-state index in [2.05, 4.69) is 10.3 Å². The van der Waals surface area contributed by atoms with Gasteiger partial charge in [-0.25, -0.2) is 13.8 Å². The first kappa shape index (κ1) is 17.5. The van der Waals surface area contributed by atoms with Gasteiger partial charge < -0.3 is 10.2 Å². The van der Waals surface area contributed by atoms with Gasteiger partial charge in [-0.3, -0.25) is 4.79 Å². The predicted molar refractivity (Wildman–Crippen MR) is 97.1 cm³/mol. The van der Waals surface area contributed by atoms with Gasteiger partial charge in [-0.2, -0.15) is 0 Å². The first-order valence-corrected chi connectivity index (χ1v) is 8.00. The summed E-state index contributed by atoms with van der Waals surface area (Å²) >= 11 is 0. The molecule has 0 saturated heterocycles. The zero-order chi connectivity index (χ0) is 18.5. The number of halogens is 2. The highest BCUT2D eigenvalue weighted by Crippen LogP contribution is 2.18. The van der Waals surface area contributed by atoms with E-state index >= 15 is 0 Å². The third kappa shape index (κ3) is 4.22. The maximum absolute atomic E-state index is 13.7. The second-order valence-electron chi connectivity index (χ2n) is 5.82. The Hall–Kier alpha value is -3.28. The Bertz CT molecular complexity index is 916. The molecular weight excluding hydrogens is 336 g/mol. The molecule has 0 spiro atoms. The average molecular weight is 353 g/mol. The van der Waals surface area contributed by atoms with Crippen LogP contribution in [0.3, 0.4) is 0 Å². The Morgan fingerprint density at radius 2 is 1.85 bits per heavy atom. The van der Waals surface area contributed by atoms with Crippen LogP contribution in [0.4, 0.5) is 20.3 Å². The van der Waals surface area contributed by atoms with E-state index in [0.717, 1.165) is 17.7 Å². The highest BCUT2D eigenvalue weighted by Gasteiger charge is 2.12. The van der Waals surface area contributed by atoms with E-state index < -0.39 is 17.5 Å². The van der Waals surface area contributed by atoms with Crippen LogP contribution in [-0.4, -0.2) is 17.9 Å². The molecule has 0 bridgehead atoms. The minimum Gasteiger partial charge on any atom is -0.355 e. The Balaban J connectivity index is 1.74. The molecule has 2 aromatic carbocycles. The molecule has 4 nitrogen and oxygen atoms in total. The van der Waals surface area contributed by atoms with Gasteiger partial charge in [0.1, 0.15) is 17.5 Å². The van der Waals surface area contributed by atoms with Crippen LogP contribution in [-0.2, 0) is 6.54 Å². The van der Waals surface area contributed by atoms with Crippen LogP contribution in [0.1, 0.15) is 15.9 Å². The molecular formula is C20H17F2N3O. The summed E-state index contributed by atoms with van der Waals surface area (Å²) < 4.78 is 26.7. The molecule has 6 heteroatoms. The van der Waals surface area contributed by atoms with Crippen molar-refractivity contribution in [2.24, 2.45) is 0 Å². The van der Waals surface area contributed by atoms with Crippen molar-refractivity contribution < 1.29 is 13.6 Å². The van der Waals surface area contributed by atoms with Gasteiger partial charge in [-0.1, -0.05) is 30.3 Å². The molecule has 1 amide bonds. The average Bonchev–Trinajstić information content (AvgIpc) is 2.65. The van der Waals surface area contributed by atoms with E-state index in [1.807, 2.05) is 42.3 Å². The monoisotopic (exact) mass is 353 g/mol. The van der Waals surface area contributed by atoms with E-state index in [1.54, 1.807) is 6.07 Å². The maximum atomic E-state index is 13.7. The van der Waals surface area contributed by atoms with Crippen LogP contribution in [0.25, 0.3) is 0 Å². The molecule has 0 fully saturated rings. The molecule has 1 heterocycles. The van der Waals surface area contributed by atoms with Gasteiger partial charge in [0.25, 0.3) is 5.91 Å². The smallest absolute Gasteiger partial charge is 0.255 e. The number of hydrogen-bond acceptors (Lipinski definition) is 3. The van der Waals surface area contributed by atoms with Crippen molar-refractivity contribution in [3.05, 3.63) is 89.6 Å². The summed E-state index contributed by atoms with van der Waals surface area (Å²) in [6.45, 7) is 0.630. The number of rotatable bonds is 5. The van der Waals surface area contributed by atoms with Crippen molar-refractivity contribution >= 4 is 17.4 Å². The van der Waals surface area contributed by atoms with E-state index in [9.17, 15) is 13.6 Å². The summed E-state index contributed by atoms with van der Waals surface area (Å²) in [6, 6.07) is 16.0. The van der Waals surface area contributed by atoms with Crippen molar-refractivity contribution in [1.82, 2.24) is 4.98 Å². The third-order valence-electron chi connectivity index (χ3n) is 3.84. The number of anilines is 2. The van der Waals surface area contributed by atoms with E-state index in [-0.39, 0.29) is 5.69 Å². The van der Waals surface area contributed by atoms with E-state index in [0.29, 0.717) is 17.9 Å². The Labute approximate surface area is 150 Å². The number of hydrogen-bond donors (Lipinski definition) is 1. The summed E-state index contributed by atoms with van der Waals surface area (Å²) in [5.74, 6) is -1.41. The van der Waals surface area contributed by atoms with E-state index in [4.69, 9.17) is 0 Å². The van der Waals surface area contributed by atoms with Gasteiger partial charge in [-0.05, 0) is 29.8 Å². The van der Waals surface area contributed by atoms with Crippen LogP contribution in [0.5, 0.6) is 0 Å². The van der Waals surface area contributed by atoms with Crippen molar-refractivity contribution in [2.75, 3.05) is 17.3 Å². The maximum Gasteiger partial charge on any atom is 0.255 e. The van der Waals surface area contributed by atoms with Crippen LogP contribution in [0.15, 0.2) is 66.9 Å². The van der Waals surface area contributed by atoms with Crippen LogP contribution in [0, 0.1) is 11.6 Å². The summed E-state index contributed by atoms with van der Waals surface area (Å²) in [5.41, 5.74) is 1.37. The van der Waals surface area contributed by atoms with Gasteiger partial charge in [0, 0.05) is 31.4 Å². The number of carbonyl (C=O) groups is 1. The molecule has 26 heavy (non-hydrogen) atoms. The quantitative estimate of drug-likeness (QED) is 0.746. The van der Waals surface area contributed by atoms with Crippen molar-refractivity contribution in [3.8, 4) is 0 Å². The molecule has 0 radical (unpaired) electrons. The van der Waals surface area contributed by atoms with Gasteiger partial charge in [0.15, 0.2) is 0 Å². The zero-order valence-corrected chi connectivity index (χ0v) is 14.1. The number of amides is 1. The molecule has 1 aromatic heterocycles. The van der Waals surface area contributed by atoms with E-state index in [1.165, 1.54) is 18.3 Å². The molecule has 0 aliphatic heterocycles. The van der Waals surface area contributed by atoms with Crippen molar-refractivity contribution in [3.63, 3.8) is 0 Å². The molecule has 0 aliphatic carbocycles. The highest BCUT2D eigenvalue weighted by molar-refractivity contribution is 6.04. The third-order valence-corrected chi connectivity index (χ3v) is 3.84. The van der Waals surface area contributed by atoms with Crippen LogP contribution in [0.2, 0.25) is 0 Å². The summed E-state index contributed by atoms with van der Waals surface area (Å²) in [4.78, 5) is 18.6. The number of nitrogens with one attached hydrogen (secondary N) is 1. The molecule has 3 rings (SSSR count). The lowest BCUT2D eigenvalue weighted by molar-refractivity contribution is 0.102. The summed E-state index contributed by atoms with van der Waals surface area (Å²) in [5, 5.41) is 2.44. The molecule has 0 atom stereocenters. The predicted octanol–water partition coefficient (Wildman–Crippen LogP) is 4.25. The molecule has 132 valence electrons. The lowest BCUT2D eigenvalue weighted by atomic mass is 10.2. The van der Waals surface area contributed by atoms with Gasteiger partial charge in [0.2, 0.25) is 0 Å². The van der Waals surface area contributed by atoms with Gasteiger partial charge in [-0.15, -0.1) is 0 Å². The van der Waals surface area contributed by atoms with Crippen LogP contribution >= 0.6 is 0 Å². The summed E-state index contributed by atoms with van der Waals surface area (Å²) in [7, 11) is 1.87. The van der Waals surface area contributed by atoms with Crippen LogP contribution < -0.4 is 10.2 Å². The Morgan fingerprint density at radius 3 is 2.58 bits per heavy atom. The number of carbonyl (C=O) groups excluding carboxylic acids is 1. The number of aromatic nitrogens is 1. The van der Waals surface area contributed by atoms with Crippen molar-refractivity contribution in [1.29, 1.82) is 0 Å². The lowest BCUT2D eigenvalue weighted by Gasteiger charge is -2.18. The second kappa shape index (κ2) is 7.74. The molecule has 0 unspecified atom stereocenters. The Morgan fingerprint density at radius 1 is 1.08 bits per heavy atom. The largest absolute Gasteiger partial charge is 0.355 e. The normalized spacial score (nSPS) is 10.4. The molecule has 0 aliphatic rings. The fourth-order valence-electron chi connectivity index (χ4n) is 2.49. The fourth-order valence-corrected chi connectivity index (χ4v) is 2.49. The zero-order valence-electron chi connectivity index (χ0n) is 14.1.